The van der Waals surface area contributed by atoms with Crippen LogP contribution in [0.25, 0.3) is 0 Å². The number of pyridine rings is 2. The number of amides is 2. The fraction of sp³-hybridized carbons (Fsp3) is 0.310. The Balaban J connectivity index is 1.57. The van der Waals surface area contributed by atoms with Crippen LogP contribution in [0.3, 0.4) is 0 Å². The summed E-state index contributed by atoms with van der Waals surface area (Å²) in [4.78, 5) is 39.0. The number of anilines is 1. The van der Waals surface area contributed by atoms with Crippen molar-refractivity contribution in [3.05, 3.63) is 88.6 Å². The monoisotopic (exact) mass is 595 g/mol. The molecule has 3 heterocycles. The Morgan fingerprint density at radius 3 is 2.69 bits per heavy atom. The van der Waals surface area contributed by atoms with Crippen LogP contribution in [-0.4, -0.2) is 50.5 Å². The van der Waals surface area contributed by atoms with E-state index in [-0.39, 0.29) is 52.8 Å². The molecule has 3 aromatic rings. The topological polar surface area (TPSA) is 126 Å². The van der Waals surface area contributed by atoms with Crippen molar-refractivity contribution in [1.29, 1.82) is 10.7 Å². The standard InChI is InChI=1S/C29H25ClF3N7O2/c30-22-4-2-1-3-21(22)26(27(41)38-20-11-29(32,33)12-20)39(16-18-9-19(31)15-36-14-18)28(42)23-5-6-24(35)40(23)25-10-17(13-34)7-8-37-25/h1-4,7-10,14-15,20,23,26,35H,5-6,11-12,16H2,(H,38,41)/t23-,26-/m0/s1. The lowest BCUT2D eigenvalue weighted by Crippen LogP contribution is -2.55. The van der Waals surface area contributed by atoms with E-state index in [9.17, 15) is 28.0 Å². The molecule has 1 aliphatic heterocycles. The van der Waals surface area contributed by atoms with Crippen molar-refractivity contribution < 1.29 is 22.8 Å². The quantitative estimate of drug-likeness (QED) is 0.386. The molecule has 13 heteroatoms. The summed E-state index contributed by atoms with van der Waals surface area (Å²) < 4.78 is 41.4. The zero-order chi connectivity index (χ0) is 30.0. The van der Waals surface area contributed by atoms with Gasteiger partial charge in [0.15, 0.2) is 0 Å². The lowest BCUT2D eigenvalue weighted by molar-refractivity contribution is -0.145. The van der Waals surface area contributed by atoms with Crippen molar-refractivity contribution in [2.75, 3.05) is 4.90 Å². The van der Waals surface area contributed by atoms with Crippen LogP contribution in [0.1, 0.15) is 48.4 Å². The molecular formula is C29H25ClF3N7O2. The van der Waals surface area contributed by atoms with E-state index < -0.39 is 54.5 Å². The molecule has 0 unspecified atom stereocenters. The molecule has 2 atom stereocenters. The van der Waals surface area contributed by atoms with Crippen LogP contribution in [0, 0.1) is 22.6 Å². The van der Waals surface area contributed by atoms with Crippen molar-refractivity contribution in [2.45, 2.75) is 56.3 Å². The van der Waals surface area contributed by atoms with E-state index >= 15 is 0 Å². The highest BCUT2D eigenvalue weighted by atomic mass is 35.5. The van der Waals surface area contributed by atoms with Crippen LogP contribution >= 0.6 is 11.6 Å². The lowest BCUT2D eigenvalue weighted by Gasteiger charge is -2.39. The molecule has 2 N–H and O–H groups in total. The maximum atomic E-state index is 14.5. The van der Waals surface area contributed by atoms with Gasteiger partial charge in [0.25, 0.3) is 5.92 Å². The highest BCUT2D eigenvalue weighted by Crippen LogP contribution is 2.39. The first-order chi connectivity index (χ1) is 20.1. The first kappa shape index (κ1) is 29.0. The van der Waals surface area contributed by atoms with E-state index in [0.717, 1.165) is 6.20 Å². The first-order valence-electron chi connectivity index (χ1n) is 13.1. The molecule has 1 aliphatic carbocycles. The van der Waals surface area contributed by atoms with Crippen LogP contribution in [0.5, 0.6) is 0 Å². The summed E-state index contributed by atoms with van der Waals surface area (Å²) in [6, 6.07) is 9.29. The second-order valence-electron chi connectivity index (χ2n) is 10.3. The fourth-order valence-electron chi connectivity index (χ4n) is 5.28. The Labute approximate surface area is 244 Å². The summed E-state index contributed by atoms with van der Waals surface area (Å²) in [6.07, 6.45) is 3.08. The van der Waals surface area contributed by atoms with Gasteiger partial charge in [-0.15, -0.1) is 0 Å². The average molecular weight is 596 g/mol. The van der Waals surface area contributed by atoms with Crippen molar-refractivity contribution in [2.24, 2.45) is 0 Å². The van der Waals surface area contributed by atoms with Gasteiger partial charge in [0, 0.05) is 54.8 Å². The van der Waals surface area contributed by atoms with Crippen LogP contribution < -0.4 is 10.2 Å². The van der Waals surface area contributed by atoms with Crippen molar-refractivity contribution >= 4 is 35.1 Å². The highest BCUT2D eigenvalue weighted by molar-refractivity contribution is 6.31. The normalized spacial score (nSPS) is 18.6. The van der Waals surface area contributed by atoms with Crippen molar-refractivity contribution in [1.82, 2.24) is 20.2 Å². The summed E-state index contributed by atoms with van der Waals surface area (Å²) in [5.74, 6) is -4.60. The number of carbonyl (C=O) groups is 2. The molecule has 5 rings (SSSR count). The third-order valence-electron chi connectivity index (χ3n) is 7.26. The molecule has 2 aromatic heterocycles. The molecule has 42 heavy (non-hydrogen) atoms. The van der Waals surface area contributed by atoms with E-state index in [1.54, 1.807) is 18.2 Å². The zero-order valence-electron chi connectivity index (χ0n) is 22.1. The van der Waals surface area contributed by atoms with Gasteiger partial charge in [-0.25, -0.2) is 18.2 Å². The van der Waals surface area contributed by atoms with E-state index in [2.05, 4.69) is 15.3 Å². The van der Waals surface area contributed by atoms with Crippen LogP contribution in [-0.2, 0) is 16.1 Å². The smallest absolute Gasteiger partial charge is 0.252 e. The zero-order valence-corrected chi connectivity index (χ0v) is 22.9. The summed E-state index contributed by atoms with van der Waals surface area (Å²) in [5.41, 5.74) is 0.788. The molecule has 0 radical (unpaired) electrons. The maximum Gasteiger partial charge on any atom is 0.252 e. The first-order valence-corrected chi connectivity index (χ1v) is 13.5. The third kappa shape index (κ3) is 6.06. The average Bonchev–Trinajstić information content (AvgIpc) is 3.33. The predicted octanol–water partition coefficient (Wildman–Crippen LogP) is 4.77. The third-order valence-corrected chi connectivity index (χ3v) is 7.60. The number of hydrogen-bond acceptors (Lipinski definition) is 6. The van der Waals surface area contributed by atoms with Crippen LogP contribution in [0.2, 0.25) is 5.02 Å². The maximum absolute atomic E-state index is 14.5. The molecule has 1 saturated heterocycles. The van der Waals surface area contributed by atoms with Crippen LogP contribution in [0.15, 0.2) is 61.1 Å². The van der Waals surface area contributed by atoms with Crippen LogP contribution in [0.4, 0.5) is 19.0 Å². The van der Waals surface area contributed by atoms with Gasteiger partial charge >= 0.3 is 0 Å². The van der Waals surface area contributed by atoms with Gasteiger partial charge in [0.05, 0.1) is 17.8 Å². The van der Waals surface area contributed by atoms with Gasteiger partial charge in [-0.1, -0.05) is 29.8 Å². The number of alkyl halides is 2. The molecule has 9 nitrogen and oxygen atoms in total. The van der Waals surface area contributed by atoms with Gasteiger partial charge < -0.3 is 15.1 Å². The van der Waals surface area contributed by atoms with E-state index in [4.69, 9.17) is 17.0 Å². The molecular weight excluding hydrogens is 571 g/mol. The number of carbonyl (C=O) groups excluding carboxylic acids is 2. The van der Waals surface area contributed by atoms with Crippen molar-refractivity contribution in [3.63, 3.8) is 0 Å². The fourth-order valence-corrected chi connectivity index (χ4v) is 5.52. The van der Waals surface area contributed by atoms with Gasteiger partial charge in [0.2, 0.25) is 11.8 Å². The molecule has 0 spiro atoms. The van der Waals surface area contributed by atoms with Gasteiger partial charge in [-0.2, -0.15) is 5.26 Å². The number of nitriles is 1. The molecule has 2 amide bonds. The van der Waals surface area contributed by atoms with E-state index in [1.807, 2.05) is 6.07 Å². The number of rotatable bonds is 8. The van der Waals surface area contributed by atoms with E-state index in [1.165, 1.54) is 46.5 Å². The summed E-state index contributed by atoms with van der Waals surface area (Å²) in [5, 5.41) is 20.7. The lowest BCUT2D eigenvalue weighted by atomic mass is 9.87. The van der Waals surface area contributed by atoms with E-state index in [0.29, 0.717) is 0 Å². The number of halogens is 4. The summed E-state index contributed by atoms with van der Waals surface area (Å²) in [7, 11) is 0. The summed E-state index contributed by atoms with van der Waals surface area (Å²) >= 11 is 6.52. The predicted molar refractivity (Wildman–Crippen MR) is 147 cm³/mol. The molecule has 2 fully saturated rings. The van der Waals surface area contributed by atoms with Gasteiger partial charge in [-0.3, -0.25) is 20.0 Å². The Hall–Kier alpha value is -4.50. The molecule has 0 bridgehead atoms. The minimum absolute atomic E-state index is 0.0822. The Bertz CT molecular complexity index is 1570. The molecule has 1 saturated carbocycles. The Morgan fingerprint density at radius 1 is 1.24 bits per heavy atom. The minimum Gasteiger partial charge on any atom is -0.351 e. The number of hydrogen-bond donors (Lipinski definition) is 2. The number of nitrogens with one attached hydrogen (secondary N) is 2. The molecule has 2 aliphatic rings. The molecule has 1 aromatic carbocycles. The second-order valence-corrected chi connectivity index (χ2v) is 10.7. The Morgan fingerprint density at radius 2 is 2.00 bits per heavy atom. The largest absolute Gasteiger partial charge is 0.351 e. The Kier molecular flexibility index (Phi) is 8.13. The van der Waals surface area contributed by atoms with Gasteiger partial charge in [0.1, 0.15) is 29.6 Å². The van der Waals surface area contributed by atoms with Crippen molar-refractivity contribution in [3.8, 4) is 6.07 Å². The number of amidine groups is 1. The second kappa shape index (κ2) is 11.8. The minimum atomic E-state index is -2.89. The molecule has 216 valence electrons. The number of benzene rings is 1. The number of aromatic nitrogens is 2. The number of nitrogens with zero attached hydrogens (tertiary/aromatic N) is 5. The van der Waals surface area contributed by atoms with Gasteiger partial charge in [-0.05, 0) is 36.2 Å². The summed E-state index contributed by atoms with van der Waals surface area (Å²) in [6.45, 7) is -0.281. The highest BCUT2D eigenvalue weighted by Gasteiger charge is 2.48. The SMILES string of the molecule is N#Cc1ccnc(N2C(=N)CC[C@H]2C(=O)N(Cc2cncc(F)c2)[C@H](C(=O)NC2CC(F)(F)C2)c2ccccc2Cl)c1.